The van der Waals surface area contributed by atoms with E-state index < -0.39 is 5.92 Å². The normalized spacial score (nSPS) is 18.6. The minimum atomic E-state index is -0.510. The van der Waals surface area contributed by atoms with E-state index in [0.717, 1.165) is 16.6 Å². The van der Waals surface area contributed by atoms with Gasteiger partial charge in [0.2, 0.25) is 11.8 Å². The van der Waals surface area contributed by atoms with Gasteiger partial charge in [-0.25, -0.2) is 9.36 Å². The minimum Gasteiger partial charge on any atom is -0.338 e. The molecule has 5 rings (SSSR count). The van der Waals surface area contributed by atoms with Crippen LogP contribution >= 0.6 is 0 Å². The van der Waals surface area contributed by atoms with Crippen molar-refractivity contribution in [3.05, 3.63) is 66.7 Å². The second-order valence-electron chi connectivity index (χ2n) is 7.52. The summed E-state index contributed by atoms with van der Waals surface area (Å²) in [7, 11) is 1.72. The number of amides is 2. The van der Waals surface area contributed by atoms with E-state index in [9.17, 15) is 9.59 Å². The first-order valence-electron chi connectivity index (χ1n) is 9.87. The first-order valence-corrected chi connectivity index (χ1v) is 9.87. The minimum absolute atomic E-state index is 0.0669. The highest BCUT2D eigenvalue weighted by Gasteiger charge is 2.42. The molecule has 2 amide bonds. The molecule has 10 nitrogen and oxygen atoms in total. The summed E-state index contributed by atoms with van der Waals surface area (Å²) in [4.78, 5) is 31.1. The summed E-state index contributed by atoms with van der Waals surface area (Å²) < 4.78 is 3.40. The van der Waals surface area contributed by atoms with E-state index in [1.54, 1.807) is 52.2 Å². The zero-order valence-electron chi connectivity index (χ0n) is 16.8. The molecule has 1 saturated heterocycles. The lowest BCUT2D eigenvalue weighted by atomic mass is 9.94. The number of hydrogen-bond donors (Lipinski definition) is 1. The van der Waals surface area contributed by atoms with Gasteiger partial charge in [0.25, 0.3) is 0 Å². The van der Waals surface area contributed by atoms with E-state index in [2.05, 4.69) is 25.7 Å². The van der Waals surface area contributed by atoms with Crippen molar-refractivity contribution in [1.82, 2.24) is 34.7 Å². The van der Waals surface area contributed by atoms with Crippen molar-refractivity contribution in [1.29, 1.82) is 0 Å². The molecule has 0 spiro atoms. The maximum absolute atomic E-state index is 13.0. The number of para-hydroxylation sites is 1. The molecule has 4 heterocycles. The fourth-order valence-electron chi connectivity index (χ4n) is 4.01. The van der Waals surface area contributed by atoms with E-state index >= 15 is 0 Å². The van der Waals surface area contributed by atoms with E-state index in [1.165, 1.54) is 0 Å². The van der Waals surface area contributed by atoms with Gasteiger partial charge in [-0.1, -0.05) is 23.4 Å². The van der Waals surface area contributed by atoms with Gasteiger partial charge in [-0.3, -0.25) is 14.6 Å². The third-order valence-corrected chi connectivity index (χ3v) is 5.55. The summed E-state index contributed by atoms with van der Waals surface area (Å²) in [5, 5.41) is 15.5. The highest BCUT2D eigenvalue weighted by Crippen LogP contribution is 2.37. The Hall–Kier alpha value is -4.08. The molecule has 3 aromatic heterocycles. The molecule has 2 unspecified atom stereocenters. The Morgan fingerprint density at radius 1 is 1.19 bits per heavy atom. The van der Waals surface area contributed by atoms with Crippen LogP contribution in [0.4, 0.5) is 5.69 Å². The van der Waals surface area contributed by atoms with Gasteiger partial charge in [-0.2, -0.15) is 5.10 Å². The lowest BCUT2D eigenvalue weighted by molar-refractivity contribution is -0.127. The fourth-order valence-corrected chi connectivity index (χ4v) is 4.01. The quantitative estimate of drug-likeness (QED) is 0.530. The molecule has 10 heteroatoms. The zero-order chi connectivity index (χ0) is 21.4. The molecule has 31 heavy (non-hydrogen) atoms. The molecule has 2 atom stereocenters. The average molecular weight is 416 g/mol. The topological polar surface area (TPSA) is 111 Å². The van der Waals surface area contributed by atoms with Crippen molar-refractivity contribution in [3.63, 3.8) is 0 Å². The summed E-state index contributed by atoms with van der Waals surface area (Å²) in [6, 6.07) is 11.0. The van der Waals surface area contributed by atoms with Crippen molar-refractivity contribution >= 4 is 28.5 Å². The zero-order valence-corrected chi connectivity index (χ0v) is 16.8. The van der Waals surface area contributed by atoms with Crippen molar-refractivity contribution in [2.75, 3.05) is 12.4 Å². The van der Waals surface area contributed by atoms with Crippen molar-refractivity contribution in [2.45, 2.75) is 19.1 Å². The van der Waals surface area contributed by atoms with Gasteiger partial charge >= 0.3 is 0 Å². The Morgan fingerprint density at radius 3 is 2.90 bits per heavy atom. The lowest BCUT2D eigenvalue weighted by Crippen LogP contribution is -2.30. The fraction of sp³-hybridized carbons (Fsp3) is 0.238. The number of nitrogens with zero attached hydrogens (tertiary/aromatic N) is 7. The van der Waals surface area contributed by atoms with E-state index in [-0.39, 0.29) is 24.3 Å². The number of pyridine rings is 1. The maximum Gasteiger partial charge on any atom is 0.230 e. The van der Waals surface area contributed by atoms with Gasteiger partial charge in [0.15, 0.2) is 0 Å². The van der Waals surface area contributed by atoms with Crippen LogP contribution in [-0.4, -0.2) is 53.5 Å². The smallest absolute Gasteiger partial charge is 0.230 e. The third-order valence-electron chi connectivity index (χ3n) is 5.55. The van der Waals surface area contributed by atoms with Crippen LogP contribution in [0.2, 0.25) is 0 Å². The monoisotopic (exact) mass is 416 g/mol. The SMILES string of the molecule is CN1C(=O)CC(C(=O)Nc2cnn(Cn3nnc4ccccc43)c2)C1c1cccnc1. The Kier molecular flexibility index (Phi) is 4.66. The highest BCUT2D eigenvalue weighted by molar-refractivity contribution is 5.97. The highest BCUT2D eigenvalue weighted by atomic mass is 16.2. The summed E-state index contributed by atoms with van der Waals surface area (Å²) in [6.07, 6.45) is 6.83. The van der Waals surface area contributed by atoms with Gasteiger partial charge in [0.1, 0.15) is 12.2 Å². The van der Waals surface area contributed by atoms with Gasteiger partial charge in [0.05, 0.1) is 35.6 Å². The van der Waals surface area contributed by atoms with Crippen LogP contribution in [0.15, 0.2) is 61.2 Å². The van der Waals surface area contributed by atoms with E-state index in [0.29, 0.717) is 12.4 Å². The first-order chi connectivity index (χ1) is 15.1. The molecule has 1 N–H and O–H groups in total. The molecular formula is C21H20N8O2. The van der Waals surface area contributed by atoms with Crippen molar-refractivity contribution in [2.24, 2.45) is 5.92 Å². The summed E-state index contributed by atoms with van der Waals surface area (Å²) in [6.45, 7) is 0.360. The molecule has 0 radical (unpaired) electrons. The Balaban J connectivity index is 1.32. The average Bonchev–Trinajstić information content (AvgIpc) is 3.48. The van der Waals surface area contributed by atoms with Crippen LogP contribution in [-0.2, 0) is 16.3 Å². The van der Waals surface area contributed by atoms with Crippen LogP contribution in [0, 0.1) is 5.92 Å². The predicted octanol–water partition coefficient (Wildman–Crippen LogP) is 1.69. The second-order valence-corrected chi connectivity index (χ2v) is 7.52. The number of carbonyl (C=O) groups excluding carboxylic acids is 2. The number of fused-ring (bicyclic) bond motifs is 1. The molecule has 1 aromatic carbocycles. The first kappa shape index (κ1) is 18.9. The van der Waals surface area contributed by atoms with Gasteiger partial charge < -0.3 is 10.2 Å². The van der Waals surface area contributed by atoms with Crippen LogP contribution in [0.5, 0.6) is 0 Å². The van der Waals surface area contributed by atoms with Gasteiger partial charge in [-0.05, 0) is 23.8 Å². The van der Waals surface area contributed by atoms with Crippen LogP contribution < -0.4 is 5.32 Å². The van der Waals surface area contributed by atoms with E-state index in [1.807, 2.05) is 30.3 Å². The van der Waals surface area contributed by atoms with Crippen LogP contribution in [0.1, 0.15) is 18.0 Å². The Bertz CT molecular complexity index is 1250. The molecule has 0 aliphatic carbocycles. The van der Waals surface area contributed by atoms with Crippen molar-refractivity contribution in [3.8, 4) is 0 Å². The number of rotatable bonds is 5. The third kappa shape index (κ3) is 3.52. The second kappa shape index (κ2) is 7.63. The summed E-state index contributed by atoms with van der Waals surface area (Å²) in [5.74, 6) is -0.802. The molecular weight excluding hydrogens is 396 g/mol. The number of aromatic nitrogens is 6. The molecule has 1 aliphatic rings. The largest absolute Gasteiger partial charge is 0.338 e. The molecule has 1 aliphatic heterocycles. The molecule has 156 valence electrons. The van der Waals surface area contributed by atoms with Crippen molar-refractivity contribution < 1.29 is 9.59 Å². The maximum atomic E-state index is 13.0. The predicted molar refractivity (Wildman–Crippen MR) is 112 cm³/mol. The number of carbonyl (C=O) groups is 2. The van der Waals surface area contributed by atoms with Crippen LogP contribution in [0.25, 0.3) is 11.0 Å². The molecule has 0 bridgehead atoms. The summed E-state index contributed by atoms with van der Waals surface area (Å²) >= 11 is 0. The van der Waals surface area contributed by atoms with Gasteiger partial charge in [-0.15, -0.1) is 5.10 Å². The van der Waals surface area contributed by atoms with Crippen LogP contribution in [0.3, 0.4) is 0 Å². The number of nitrogens with one attached hydrogen (secondary N) is 1. The Labute approximate surface area is 177 Å². The molecule has 4 aromatic rings. The number of anilines is 1. The number of benzene rings is 1. The van der Waals surface area contributed by atoms with E-state index in [4.69, 9.17) is 0 Å². The Morgan fingerprint density at radius 2 is 2.06 bits per heavy atom. The number of hydrogen-bond acceptors (Lipinski definition) is 6. The standard InChI is InChI=1S/C21H20N8O2/c1-27-19(30)9-16(20(27)14-5-4-8-22-10-14)21(31)24-15-11-23-28(12-15)13-29-18-7-3-2-6-17(18)25-26-29/h2-8,10-12,16,20H,9,13H2,1H3,(H,24,31). The van der Waals surface area contributed by atoms with Gasteiger partial charge in [0, 0.05) is 25.9 Å². The molecule has 0 saturated carbocycles. The lowest BCUT2D eigenvalue weighted by Gasteiger charge is -2.24. The number of likely N-dealkylation sites (tertiary alicyclic amines) is 1. The summed E-state index contributed by atoms with van der Waals surface area (Å²) in [5.41, 5.74) is 3.10. The molecule has 1 fully saturated rings.